The predicted octanol–water partition coefficient (Wildman–Crippen LogP) is 13.4. The maximum absolute atomic E-state index is 14.9. The Morgan fingerprint density at radius 3 is 1.56 bits per heavy atom. The number of rotatable bonds is 30. The van der Waals surface area contributed by atoms with E-state index < -0.39 is 6.10 Å². The molecule has 5 atom stereocenters. The van der Waals surface area contributed by atoms with Gasteiger partial charge in [0, 0.05) is 17.7 Å². The van der Waals surface area contributed by atoms with E-state index in [1.807, 2.05) is 30.3 Å². The highest BCUT2D eigenvalue weighted by Crippen LogP contribution is 2.41. The molecule has 0 aromatic heterocycles. The minimum Gasteiger partial charge on any atom is -0.493 e. The van der Waals surface area contributed by atoms with E-state index in [1.165, 1.54) is 25.7 Å². The van der Waals surface area contributed by atoms with Crippen LogP contribution >= 0.6 is 0 Å². The third-order valence-corrected chi connectivity index (χ3v) is 11.6. The zero-order valence-corrected chi connectivity index (χ0v) is 36.3. The van der Waals surface area contributed by atoms with E-state index in [0.717, 1.165) is 82.6 Å². The number of carbonyl (C=O) groups excluding carboxylic acids is 1. The summed E-state index contributed by atoms with van der Waals surface area (Å²) in [5.74, 6) is 4.13. The van der Waals surface area contributed by atoms with Crippen molar-refractivity contribution in [2.75, 3.05) is 33.5 Å². The van der Waals surface area contributed by atoms with E-state index in [2.05, 4.69) is 55.4 Å². The van der Waals surface area contributed by atoms with Crippen LogP contribution in [0.1, 0.15) is 174 Å². The molecule has 2 aromatic rings. The standard InChI is InChI=1S/C48H77NO6/c1-10-18-22-35(14-5)31-52-40-29-41-45(44(30-40)54-33-37(16-7)24-20-12-3)47(50)48(55-34-38(17-8)25-21-13-4)46(49-41)39-26-27-42(43(28-39)51-9)53-32-36(15-6)23-19-11-2/h26-30,35-38,48H,10-25,31-34H2,1-9H3. The second-order valence-corrected chi connectivity index (χ2v) is 15.9. The Kier molecular flexibility index (Phi) is 21.9. The second kappa shape index (κ2) is 26.0. The zero-order valence-electron chi connectivity index (χ0n) is 36.3. The van der Waals surface area contributed by atoms with E-state index >= 15 is 0 Å². The summed E-state index contributed by atoms with van der Waals surface area (Å²) in [7, 11) is 1.67. The van der Waals surface area contributed by atoms with Crippen molar-refractivity contribution in [3.63, 3.8) is 0 Å². The first kappa shape index (κ1) is 46.3. The van der Waals surface area contributed by atoms with Crippen LogP contribution in [-0.2, 0) is 4.74 Å². The molecule has 1 aliphatic rings. The quantitative estimate of drug-likeness (QED) is 0.0789. The van der Waals surface area contributed by atoms with Crippen LogP contribution in [0.15, 0.2) is 35.3 Å². The lowest BCUT2D eigenvalue weighted by atomic mass is 9.91. The van der Waals surface area contributed by atoms with Crippen molar-refractivity contribution in [2.24, 2.45) is 28.7 Å². The van der Waals surface area contributed by atoms with Crippen LogP contribution in [0.4, 0.5) is 5.69 Å². The highest BCUT2D eigenvalue weighted by Gasteiger charge is 2.37. The van der Waals surface area contributed by atoms with E-state index in [1.54, 1.807) is 7.11 Å². The van der Waals surface area contributed by atoms with Crippen LogP contribution in [0.3, 0.4) is 0 Å². The van der Waals surface area contributed by atoms with Crippen LogP contribution in [0, 0.1) is 23.7 Å². The number of ether oxygens (including phenoxy) is 5. The molecule has 0 spiro atoms. The number of nitrogens with zero attached hydrogens (tertiary/aromatic N) is 1. The Bertz CT molecular complexity index is 1420. The molecule has 5 unspecified atom stereocenters. The molecule has 7 heteroatoms. The molecule has 1 aliphatic heterocycles. The van der Waals surface area contributed by atoms with Crippen molar-refractivity contribution < 1.29 is 28.5 Å². The van der Waals surface area contributed by atoms with Gasteiger partial charge in [-0.3, -0.25) is 4.79 Å². The monoisotopic (exact) mass is 764 g/mol. The highest BCUT2D eigenvalue weighted by molar-refractivity contribution is 6.26. The largest absolute Gasteiger partial charge is 0.493 e. The number of hydrogen-bond donors (Lipinski definition) is 0. The van der Waals surface area contributed by atoms with Crippen LogP contribution in [0.2, 0.25) is 0 Å². The first-order valence-corrected chi connectivity index (χ1v) is 22.3. The number of hydrogen-bond acceptors (Lipinski definition) is 7. The maximum Gasteiger partial charge on any atom is 0.203 e. The fraction of sp³-hybridized carbons (Fsp3) is 0.708. The molecule has 0 fully saturated rings. The molecule has 7 nitrogen and oxygen atoms in total. The fourth-order valence-electron chi connectivity index (χ4n) is 7.32. The smallest absolute Gasteiger partial charge is 0.203 e. The van der Waals surface area contributed by atoms with Gasteiger partial charge in [-0.15, -0.1) is 0 Å². The Balaban J connectivity index is 2.11. The van der Waals surface area contributed by atoms with Gasteiger partial charge in [0.2, 0.25) is 5.78 Å². The highest BCUT2D eigenvalue weighted by atomic mass is 16.5. The van der Waals surface area contributed by atoms with Crippen LogP contribution in [0.5, 0.6) is 23.0 Å². The molecule has 0 aliphatic carbocycles. The first-order chi connectivity index (χ1) is 26.8. The van der Waals surface area contributed by atoms with Crippen LogP contribution in [-0.4, -0.2) is 51.1 Å². The average molecular weight is 764 g/mol. The number of benzene rings is 2. The number of ketones is 1. The number of Topliss-reactive ketones (excluding diaryl/α,β-unsaturated/α-hetero) is 1. The van der Waals surface area contributed by atoms with E-state index in [9.17, 15) is 4.79 Å². The number of methoxy groups -OCH3 is 1. The number of unbranched alkanes of at least 4 members (excludes halogenated alkanes) is 4. The minimum absolute atomic E-state index is 0.121. The van der Waals surface area contributed by atoms with Gasteiger partial charge < -0.3 is 23.7 Å². The van der Waals surface area contributed by atoms with Gasteiger partial charge >= 0.3 is 0 Å². The lowest BCUT2D eigenvalue weighted by molar-refractivity contribution is 0.0479. The molecule has 3 rings (SSSR count). The summed E-state index contributed by atoms with van der Waals surface area (Å²) in [6, 6.07) is 9.73. The van der Waals surface area contributed by atoms with Gasteiger partial charge in [-0.05, 0) is 67.6 Å². The van der Waals surface area contributed by atoms with Crippen molar-refractivity contribution in [1.29, 1.82) is 0 Å². The van der Waals surface area contributed by atoms with Gasteiger partial charge in [-0.2, -0.15) is 0 Å². The van der Waals surface area contributed by atoms with Crippen molar-refractivity contribution in [3.05, 3.63) is 41.5 Å². The lowest BCUT2D eigenvalue weighted by Crippen LogP contribution is -2.38. The predicted molar refractivity (Wildman–Crippen MR) is 229 cm³/mol. The molecule has 55 heavy (non-hydrogen) atoms. The van der Waals surface area contributed by atoms with Crippen molar-refractivity contribution in [1.82, 2.24) is 0 Å². The van der Waals surface area contributed by atoms with E-state index in [-0.39, 0.29) is 5.78 Å². The topological polar surface area (TPSA) is 75.6 Å². The molecule has 0 saturated carbocycles. The molecule has 0 radical (unpaired) electrons. The summed E-state index contributed by atoms with van der Waals surface area (Å²) in [4.78, 5) is 20.2. The van der Waals surface area contributed by atoms with E-state index in [4.69, 9.17) is 28.7 Å². The van der Waals surface area contributed by atoms with Gasteiger partial charge in [0.15, 0.2) is 17.6 Å². The number of aliphatic imine (C=N–C) groups is 1. The lowest BCUT2D eigenvalue weighted by Gasteiger charge is -2.28. The molecule has 0 bridgehead atoms. The molecular formula is C48H77NO6. The first-order valence-electron chi connectivity index (χ1n) is 22.3. The summed E-state index contributed by atoms with van der Waals surface area (Å²) in [6.45, 7) is 20.0. The summed E-state index contributed by atoms with van der Waals surface area (Å²) in [5, 5.41) is 0. The minimum atomic E-state index is -0.882. The second-order valence-electron chi connectivity index (χ2n) is 15.9. The molecule has 2 aromatic carbocycles. The van der Waals surface area contributed by atoms with Crippen molar-refractivity contribution in [3.8, 4) is 23.0 Å². The summed E-state index contributed by atoms with van der Waals surface area (Å²) in [6.07, 6.45) is 17.0. The summed E-state index contributed by atoms with van der Waals surface area (Å²) >= 11 is 0. The third kappa shape index (κ3) is 14.4. The van der Waals surface area contributed by atoms with Crippen molar-refractivity contribution >= 4 is 17.2 Å². The van der Waals surface area contributed by atoms with Gasteiger partial charge in [0.05, 0.1) is 50.5 Å². The van der Waals surface area contributed by atoms with Gasteiger partial charge in [-0.25, -0.2) is 4.99 Å². The maximum atomic E-state index is 14.9. The Hall–Kier alpha value is -3.06. The van der Waals surface area contributed by atoms with Crippen molar-refractivity contribution in [2.45, 2.75) is 164 Å². The Morgan fingerprint density at radius 1 is 0.582 bits per heavy atom. The number of carbonyl (C=O) groups is 1. The number of fused-ring (bicyclic) bond motifs is 1. The molecule has 0 saturated heterocycles. The fourth-order valence-corrected chi connectivity index (χ4v) is 7.32. The average Bonchev–Trinajstić information content (AvgIpc) is 3.21. The SMILES string of the molecule is CCCCC(CC)COc1cc2c(c(OCC(CC)CCCC)c1)C(=O)C(OCC(CC)CCCC)C(c1ccc(OCC(CC)CCCC)c(OC)c1)=N2. The van der Waals surface area contributed by atoms with E-state index in [0.29, 0.717) is 90.1 Å². The Morgan fingerprint density at radius 2 is 1.07 bits per heavy atom. The van der Waals surface area contributed by atoms with Gasteiger partial charge in [0.1, 0.15) is 11.5 Å². The van der Waals surface area contributed by atoms with Crippen LogP contribution in [0.25, 0.3) is 0 Å². The normalized spacial score (nSPS) is 16.2. The molecular weight excluding hydrogens is 687 g/mol. The van der Waals surface area contributed by atoms with Gasteiger partial charge in [0.25, 0.3) is 0 Å². The van der Waals surface area contributed by atoms with Crippen LogP contribution < -0.4 is 18.9 Å². The zero-order chi connectivity index (χ0) is 40.0. The van der Waals surface area contributed by atoms with Gasteiger partial charge in [-0.1, -0.05) is 132 Å². The molecule has 0 amide bonds. The molecule has 1 heterocycles. The molecule has 0 N–H and O–H groups in total. The third-order valence-electron chi connectivity index (χ3n) is 11.6. The summed E-state index contributed by atoms with van der Waals surface area (Å²) in [5.41, 5.74) is 2.40. The molecule has 310 valence electrons. The summed E-state index contributed by atoms with van der Waals surface area (Å²) < 4.78 is 32.0. The Labute approximate surface area is 335 Å².